The number of anilines is 4. The molecule has 5 heterocycles. The predicted molar refractivity (Wildman–Crippen MR) is 347 cm³/mol. The van der Waals surface area contributed by atoms with E-state index in [-0.39, 0.29) is 85.7 Å². The normalized spacial score (nSPS) is 19.6. The summed E-state index contributed by atoms with van der Waals surface area (Å²) in [5, 5.41) is 13.2. The first-order valence-electron chi connectivity index (χ1n) is 30.0. The quantitative estimate of drug-likeness (QED) is 0.0713. The van der Waals surface area contributed by atoms with Crippen LogP contribution in [-0.2, 0) is 36.0 Å². The first kappa shape index (κ1) is 60.4. The molecule has 13 rings (SSSR count). The predicted octanol–water partition coefficient (Wildman–Crippen LogP) is 14.6. The minimum Gasteiger partial charge on any atom is -0.657 e. The Hall–Kier alpha value is -8.93. The van der Waals surface area contributed by atoms with Crippen LogP contribution >= 0.6 is 0 Å². The standard InChI is InChI=1S/C72H74N8O8.Co/c1-69(2)33-37(69)65(81)77-41-17-13-18-42(78-66(82)38-34-70(38,3)4)57(41)59-45-25-29-49(73-45)61(63-53(85-9)21-15-22-54(63)86-10)51-31-27-47(75-51)60(48-28-32-52(76-48)62(50-30-26-46(59)74-50)64-55(87-11)23-16-24-56(64)88-12)58-43(79-67(83)39-35-71(39,5)6)19-14-20-44(58)80-68(84)40-36-72(40,7)8;/h13-32,37-40H,33-36H2,1-12H3,(H6,73,74,75,76,77,78,79,80,81,82,83,84);/q;+2/p-2/t37-,38+,39-,40+;. The van der Waals surface area contributed by atoms with E-state index in [0.717, 1.165) is 25.7 Å². The zero-order chi connectivity index (χ0) is 61.9. The topological polar surface area (TPSA) is 207 Å². The van der Waals surface area contributed by atoms with Crippen LogP contribution in [0.4, 0.5) is 22.7 Å². The number of benzene rings is 4. The summed E-state index contributed by atoms with van der Waals surface area (Å²) in [7, 11) is 6.40. The van der Waals surface area contributed by atoms with E-state index in [1.54, 1.807) is 28.4 Å². The van der Waals surface area contributed by atoms with Crippen LogP contribution in [-0.4, -0.2) is 62.0 Å². The molecule has 4 fully saturated rings. The number of carbonyl (C=O) groups excluding carboxylic acids is 4. The molecule has 89 heavy (non-hydrogen) atoms. The average Bonchev–Trinajstić information content (AvgIpc) is 1.88. The van der Waals surface area contributed by atoms with Gasteiger partial charge in [0.1, 0.15) is 23.0 Å². The molecule has 4 atom stereocenters. The third kappa shape index (κ3) is 11.0. The van der Waals surface area contributed by atoms with Crippen molar-refractivity contribution in [2.45, 2.75) is 81.1 Å². The molecule has 8 bridgehead atoms. The number of rotatable bonds is 16. The molecule has 16 nitrogen and oxygen atoms in total. The van der Waals surface area contributed by atoms with E-state index in [4.69, 9.17) is 38.9 Å². The number of hydrogen-bond acceptors (Lipinski definition) is 10. The van der Waals surface area contributed by atoms with E-state index >= 15 is 0 Å². The summed E-state index contributed by atoms with van der Waals surface area (Å²) in [6.45, 7) is 16.7. The van der Waals surface area contributed by atoms with Gasteiger partial charge in [0.15, 0.2) is 0 Å². The molecule has 4 saturated carbocycles. The van der Waals surface area contributed by atoms with E-state index in [2.05, 4.69) is 76.7 Å². The summed E-state index contributed by atoms with van der Waals surface area (Å²) in [5.41, 5.74) is 9.13. The molecule has 2 aliphatic heterocycles. The number of nitrogens with zero attached hydrogens (tertiary/aromatic N) is 4. The van der Waals surface area contributed by atoms with Gasteiger partial charge >= 0.3 is 16.8 Å². The molecule has 457 valence electrons. The third-order valence-corrected chi connectivity index (χ3v) is 18.9. The maximum absolute atomic E-state index is 14.4. The molecule has 0 unspecified atom stereocenters. The van der Waals surface area contributed by atoms with Crippen LogP contribution in [0.2, 0.25) is 0 Å². The second kappa shape index (κ2) is 22.3. The first-order valence-corrected chi connectivity index (χ1v) is 30.0. The Labute approximate surface area is 528 Å². The van der Waals surface area contributed by atoms with Crippen LogP contribution in [0.1, 0.15) is 104 Å². The number of carbonyl (C=O) groups is 4. The first-order chi connectivity index (χ1) is 42.0. The van der Waals surface area contributed by atoms with Gasteiger partial charge in [0.25, 0.3) is 0 Å². The van der Waals surface area contributed by atoms with Gasteiger partial charge in [0, 0.05) is 45.9 Å². The molecule has 7 aromatic rings. The third-order valence-electron chi connectivity index (χ3n) is 18.9. The Balaban J connectivity index is 0.00000769. The fourth-order valence-electron chi connectivity index (χ4n) is 12.9. The van der Waals surface area contributed by atoms with Crippen LogP contribution in [0.15, 0.2) is 97.1 Å². The molecule has 4 aromatic carbocycles. The van der Waals surface area contributed by atoms with E-state index in [0.29, 0.717) is 135 Å². The monoisotopic (exact) mass is 1240 g/mol. The maximum atomic E-state index is 14.4. The fourth-order valence-corrected chi connectivity index (χ4v) is 12.9. The number of amides is 4. The SMILES string of the molecule is COc1cccc(OC)c1-c1c2nc(c(-c3c(NC(=O)[C@H]4CC4(C)C)cccc3NC(=O)[C@@H]3CC3(C)C)c3ccc([n-]3)c(-c3c(OC)cccc3OC)c3nc(c(-c4c(NC(=O)[C@H]5CC5(C)C)cccc4NC(=O)[C@@H]4CC4(C)C)c4ccc1[n-]4)C=C3)C=C2.[Co+2]. The molecular formula is C72H72CoN8O8. The molecule has 6 aliphatic rings. The van der Waals surface area contributed by atoms with Crippen molar-refractivity contribution in [1.82, 2.24) is 19.9 Å². The summed E-state index contributed by atoms with van der Waals surface area (Å²) in [6, 6.07) is 29.9. The van der Waals surface area contributed by atoms with Crippen LogP contribution in [0, 0.1) is 45.3 Å². The summed E-state index contributed by atoms with van der Waals surface area (Å²) in [5.74, 6) is 0.471. The van der Waals surface area contributed by atoms with Crippen molar-refractivity contribution in [2.24, 2.45) is 45.3 Å². The van der Waals surface area contributed by atoms with Crippen molar-refractivity contribution in [3.05, 3.63) is 120 Å². The van der Waals surface area contributed by atoms with Gasteiger partial charge in [-0.2, -0.15) is 0 Å². The molecule has 0 spiro atoms. The van der Waals surface area contributed by atoms with Crippen molar-refractivity contribution < 1.29 is 54.9 Å². The minimum absolute atomic E-state index is 0. The van der Waals surface area contributed by atoms with Crippen LogP contribution < -0.4 is 50.2 Å². The second-order valence-electron chi connectivity index (χ2n) is 26.8. The summed E-state index contributed by atoms with van der Waals surface area (Å²) in [4.78, 5) is 80.0. The number of fused-ring (bicyclic) bond motifs is 8. The van der Waals surface area contributed by atoms with Crippen molar-refractivity contribution in [2.75, 3.05) is 49.7 Å². The molecule has 1 radical (unpaired) electrons. The summed E-state index contributed by atoms with van der Waals surface area (Å²) in [6.07, 6.45) is 10.5. The van der Waals surface area contributed by atoms with Gasteiger partial charge in [-0.25, -0.2) is 9.97 Å². The van der Waals surface area contributed by atoms with E-state index < -0.39 is 0 Å². The van der Waals surface area contributed by atoms with Crippen LogP contribution in [0.5, 0.6) is 23.0 Å². The summed E-state index contributed by atoms with van der Waals surface area (Å²) < 4.78 is 24.7. The van der Waals surface area contributed by atoms with Gasteiger partial charge in [0.2, 0.25) is 23.6 Å². The van der Waals surface area contributed by atoms with Gasteiger partial charge < -0.3 is 50.2 Å². The molecular weight excluding hydrogens is 1160 g/mol. The number of methoxy groups -OCH3 is 4. The Bertz CT molecular complexity index is 3950. The van der Waals surface area contributed by atoms with Crippen molar-refractivity contribution >= 4 is 92.7 Å². The number of aromatic nitrogens is 4. The molecule has 4 N–H and O–H groups in total. The summed E-state index contributed by atoms with van der Waals surface area (Å²) >= 11 is 0. The second-order valence-corrected chi connectivity index (χ2v) is 26.8. The van der Waals surface area contributed by atoms with E-state index in [9.17, 15) is 19.2 Å². The molecule has 4 amide bonds. The maximum Gasteiger partial charge on any atom is 2.00 e. The van der Waals surface area contributed by atoms with Crippen LogP contribution in [0.3, 0.4) is 0 Å². The molecule has 3 aromatic heterocycles. The number of ether oxygens (including phenoxy) is 4. The van der Waals surface area contributed by atoms with Gasteiger partial charge in [-0.05, 0) is 131 Å². The Morgan fingerprint density at radius 2 is 0.573 bits per heavy atom. The number of hydrogen-bond donors (Lipinski definition) is 4. The minimum atomic E-state index is -0.231. The van der Waals surface area contributed by atoms with E-state index in [1.807, 2.05) is 121 Å². The Kier molecular flexibility index (Phi) is 15.1. The fraction of sp³-hybridized carbons (Fsp3) is 0.333. The van der Waals surface area contributed by atoms with Gasteiger partial charge in [0.05, 0.1) is 85.1 Å². The van der Waals surface area contributed by atoms with Crippen LogP contribution in [0.25, 0.3) is 90.9 Å². The van der Waals surface area contributed by atoms with E-state index in [1.165, 1.54) is 0 Å². The molecule has 0 saturated heterocycles. The Morgan fingerprint density at radius 1 is 0.360 bits per heavy atom. The van der Waals surface area contributed by atoms with Gasteiger partial charge in [-0.15, -0.1) is 22.1 Å². The van der Waals surface area contributed by atoms with Crippen molar-refractivity contribution in [1.29, 1.82) is 0 Å². The Morgan fingerprint density at radius 3 is 0.787 bits per heavy atom. The largest absolute Gasteiger partial charge is 2.00 e. The van der Waals surface area contributed by atoms with Gasteiger partial charge in [-0.3, -0.25) is 19.2 Å². The number of nitrogens with one attached hydrogen (secondary N) is 4. The average molecular weight is 1240 g/mol. The zero-order valence-corrected chi connectivity index (χ0v) is 53.1. The van der Waals surface area contributed by atoms with Gasteiger partial charge in [-0.1, -0.05) is 104 Å². The van der Waals surface area contributed by atoms with Crippen molar-refractivity contribution in [3.8, 4) is 67.5 Å². The molecule has 17 heteroatoms. The smallest absolute Gasteiger partial charge is 0.657 e. The van der Waals surface area contributed by atoms with Crippen molar-refractivity contribution in [3.63, 3.8) is 0 Å². The zero-order valence-electron chi connectivity index (χ0n) is 52.1. The molecule has 4 aliphatic carbocycles.